The first-order valence-corrected chi connectivity index (χ1v) is 10.5. The highest BCUT2D eigenvalue weighted by Gasteiger charge is 2.30. The van der Waals surface area contributed by atoms with E-state index in [1.54, 1.807) is 12.1 Å². The molecular weight excluding hydrogens is 326 g/mol. The Morgan fingerprint density at radius 3 is 2.88 bits per heavy atom. The summed E-state index contributed by atoms with van der Waals surface area (Å²) < 4.78 is 28.6. The first-order valence-electron chi connectivity index (χ1n) is 8.61. The number of hydrogen-bond donors (Lipinski definition) is 1. The van der Waals surface area contributed by atoms with E-state index in [9.17, 15) is 8.42 Å². The Labute approximate surface area is 142 Å². The average Bonchev–Trinajstić information content (AvgIpc) is 3.25. The quantitative estimate of drug-likeness (QED) is 0.918. The number of imidazole rings is 1. The topological polar surface area (TPSA) is 79.2 Å². The number of aromatic amines is 1. The summed E-state index contributed by atoms with van der Waals surface area (Å²) in [7, 11) is -3.29. The van der Waals surface area contributed by atoms with Gasteiger partial charge in [-0.25, -0.2) is 13.4 Å². The fourth-order valence-electron chi connectivity index (χ4n) is 3.80. The molecule has 24 heavy (non-hydrogen) atoms. The molecule has 0 bridgehead atoms. The van der Waals surface area contributed by atoms with Gasteiger partial charge in [-0.2, -0.15) is 0 Å². The van der Waals surface area contributed by atoms with E-state index in [-0.39, 0.29) is 11.1 Å². The smallest absolute Gasteiger partial charge is 0.217 e. The number of aryl methyl sites for hydroxylation is 2. The van der Waals surface area contributed by atoms with Gasteiger partial charge in [0.1, 0.15) is 11.6 Å². The van der Waals surface area contributed by atoms with Gasteiger partial charge < -0.3 is 9.40 Å². The molecule has 1 N–H and O–H groups in total. The summed E-state index contributed by atoms with van der Waals surface area (Å²) in [5.41, 5.74) is 2.54. The standard InChI is InChI=1S/C17H23N3O3S/c1-24(21,22)16-9-8-12(23-16)11-20-10-4-7-15(20)17-18-13-5-2-3-6-14(13)19-17/h8-9,15H,2-7,10-11H2,1H3,(H,18,19). The third-order valence-electron chi connectivity index (χ3n) is 5.01. The van der Waals surface area contributed by atoms with Crippen molar-refractivity contribution >= 4 is 9.84 Å². The van der Waals surface area contributed by atoms with Gasteiger partial charge in [0.05, 0.1) is 18.3 Å². The number of nitrogens with zero attached hydrogens (tertiary/aromatic N) is 2. The Bertz CT molecular complexity index is 814. The summed E-state index contributed by atoms with van der Waals surface area (Å²) >= 11 is 0. The number of rotatable bonds is 4. The van der Waals surface area contributed by atoms with Crippen LogP contribution >= 0.6 is 0 Å². The monoisotopic (exact) mass is 349 g/mol. The molecule has 1 aliphatic heterocycles. The zero-order valence-corrected chi connectivity index (χ0v) is 14.7. The third-order valence-corrected chi connectivity index (χ3v) is 5.96. The van der Waals surface area contributed by atoms with Crippen LogP contribution in [0.5, 0.6) is 0 Å². The van der Waals surface area contributed by atoms with Crippen LogP contribution in [0.4, 0.5) is 0 Å². The number of aromatic nitrogens is 2. The Kier molecular flexibility index (Phi) is 4.00. The maximum atomic E-state index is 11.6. The van der Waals surface area contributed by atoms with Crippen molar-refractivity contribution in [3.8, 4) is 0 Å². The van der Waals surface area contributed by atoms with Gasteiger partial charge >= 0.3 is 0 Å². The summed E-state index contributed by atoms with van der Waals surface area (Å²) in [6, 6.07) is 3.57. The lowest BCUT2D eigenvalue weighted by molar-refractivity contribution is 0.215. The minimum Gasteiger partial charge on any atom is -0.448 e. The molecule has 0 radical (unpaired) electrons. The van der Waals surface area contributed by atoms with E-state index >= 15 is 0 Å². The average molecular weight is 349 g/mol. The van der Waals surface area contributed by atoms with Crippen molar-refractivity contribution in [2.24, 2.45) is 0 Å². The van der Waals surface area contributed by atoms with Crippen LogP contribution < -0.4 is 0 Å². The second-order valence-electron chi connectivity index (χ2n) is 6.88. The van der Waals surface area contributed by atoms with Crippen molar-refractivity contribution in [3.63, 3.8) is 0 Å². The summed E-state index contributed by atoms with van der Waals surface area (Å²) in [5.74, 6) is 1.76. The molecule has 7 heteroatoms. The molecule has 0 aromatic carbocycles. The number of hydrogen-bond acceptors (Lipinski definition) is 5. The Morgan fingerprint density at radius 1 is 1.29 bits per heavy atom. The number of fused-ring (bicyclic) bond motifs is 1. The van der Waals surface area contributed by atoms with E-state index in [1.165, 1.54) is 30.5 Å². The molecule has 1 atom stereocenters. The van der Waals surface area contributed by atoms with Crippen molar-refractivity contribution in [1.82, 2.24) is 14.9 Å². The summed E-state index contributed by atoms with van der Waals surface area (Å²) in [5, 5.41) is 0.0432. The fraction of sp³-hybridized carbons (Fsp3) is 0.588. The van der Waals surface area contributed by atoms with Gasteiger partial charge in [0.2, 0.25) is 14.9 Å². The van der Waals surface area contributed by atoms with Crippen LogP contribution in [0.2, 0.25) is 0 Å². The summed E-state index contributed by atoms with van der Waals surface area (Å²) in [4.78, 5) is 10.7. The van der Waals surface area contributed by atoms with Gasteiger partial charge in [-0.15, -0.1) is 0 Å². The van der Waals surface area contributed by atoms with Gasteiger partial charge in [-0.3, -0.25) is 4.90 Å². The first-order chi connectivity index (χ1) is 11.5. The molecule has 0 amide bonds. The van der Waals surface area contributed by atoms with Crippen LogP contribution in [-0.2, 0) is 29.2 Å². The highest BCUT2D eigenvalue weighted by Crippen LogP contribution is 2.33. The van der Waals surface area contributed by atoms with Crippen molar-refractivity contribution in [1.29, 1.82) is 0 Å². The second kappa shape index (κ2) is 6.04. The molecule has 4 rings (SSSR count). The molecule has 2 aliphatic rings. The SMILES string of the molecule is CS(=O)(=O)c1ccc(CN2CCCC2c2nc3c([nH]2)CCCC3)o1. The van der Waals surface area contributed by atoms with Crippen LogP contribution in [0.15, 0.2) is 21.6 Å². The number of furan rings is 1. The maximum absolute atomic E-state index is 11.6. The van der Waals surface area contributed by atoms with Crippen molar-refractivity contribution in [3.05, 3.63) is 35.1 Å². The molecular formula is C17H23N3O3S. The zero-order valence-electron chi connectivity index (χ0n) is 13.9. The minimum atomic E-state index is -3.29. The van der Waals surface area contributed by atoms with Gasteiger partial charge in [0, 0.05) is 11.9 Å². The molecule has 0 saturated carbocycles. The van der Waals surface area contributed by atoms with Gasteiger partial charge in [-0.05, 0) is 57.2 Å². The maximum Gasteiger partial charge on any atom is 0.217 e. The first kappa shape index (κ1) is 15.9. The lowest BCUT2D eigenvalue weighted by Crippen LogP contribution is -2.23. The minimum absolute atomic E-state index is 0.0432. The predicted octanol–water partition coefficient (Wildman–Crippen LogP) is 2.62. The van der Waals surface area contributed by atoms with E-state index in [2.05, 4.69) is 9.88 Å². The van der Waals surface area contributed by atoms with E-state index in [4.69, 9.17) is 9.40 Å². The van der Waals surface area contributed by atoms with Crippen LogP contribution in [0.1, 0.15) is 54.7 Å². The van der Waals surface area contributed by atoms with Gasteiger partial charge in [-0.1, -0.05) is 0 Å². The van der Waals surface area contributed by atoms with Crippen molar-refractivity contribution < 1.29 is 12.8 Å². The van der Waals surface area contributed by atoms with Crippen LogP contribution in [0.25, 0.3) is 0 Å². The number of nitrogens with one attached hydrogen (secondary N) is 1. The largest absolute Gasteiger partial charge is 0.448 e. The highest BCUT2D eigenvalue weighted by atomic mass is 32.2. The molecule has 3 heterocycles. The van der Waals surface area contributed by atoms with Crippen LogP contribution in [0, 0.1) is 0 Å². The van der Waals surface area contributed by atoms with Gasteiger partial charge in [0.25, 0.3) is 0 Å². The van der Waals surface area contributed by atoms with Gasteiger partial charge in [0.15, 0.2) is 0 Å². The van der Waals surface area contributed by atoms with E-state index < -0.39 is 9.84 Å². The van der Waals surface area contributed by atoms with E-state index in [0.717, 1.165) is 38.1 Å². The molecule has 1 fully saturated rings. The second-order valence-corrected chi connectivity index (χ2v) is 8.82. The van der Waals surface area contributed by atoms with E-state index in [1.807, 2.05) is 0 Å². The molecule has 6 nitrogen and oxygen atoms in total. The molecule has 0 spiro atoms. The lowest BCUT2D eigenvalue weighted by Gasteiger charge is -2.21. The number of H-pyrrole nitrogens is 1. The predicted molar refractivity (Wildman–Crippen MR) is 89.4 cm³/mol. The summed E-state index contributed by atoms with van der Waals surface area (Å²) in [6.45, 7) is 1.59. The molecule has 1 saturated heterocycles. The normalized spacial score (nSPS) is 22.0. The molecule has 1 aliphatic carbocycles. The number of likely N-dealkylation sites (tertiary alicyclic amines) is 1. The molecule has 2 aromatic rings. The van der Waals surface area contributed by atoms with Crippen LogP contribution in [-0.4, -0.2) is 36.1 Å². The van der Waals surface area contributed by atoms with E-state index in [0.29, 0.717) is 12.3 Å². The van der Waals surface area contributed by atoms with Crippen molar-refractivity contribution in [2.75, 3.05) is 12.8 Å². The number of sulfone groups is 1. The Hall–Kier alpha value is -1.60. The molecule has 130 valence electrons. The van der Waals surface area contributed by atoms with Crippen LogP contribution in [0.3, 0.4) is 0 Å². The lowest BCUT2D eigenvalue weighted by atomic mass is 10.0. The third kappa shape index (κ3) is 3.02. The van der Waals surface area contributed by atoms with Crippen molar-refractivity contribution in [2.45, 2.75) is 56.2 Å². The Morgan fingerprint density at radius 2 is 2.12 bits per heavy atom. The molecule has 1 unspecified atom stereocenters. The Balaban J connectivity index is 1.52. The highest BCUT2D eigenvalue weighted by molar-refractivity contribution is 7.90. The fourth-order valence-corrected chi connectivity index (χ4v) is 4.37. The molecule has 2 aromatic heterocycles. The summed E-state index contributed by atoms with van der Waals surface area (Å²) in [6.07, 6.45) is 8.01. The zero-order chi connectivity index (χ0) is 16.7.